The molecule has 0 spiro atoms. The molecule has 4 nitrogen and oxygen atoms in total. The summed E-state index contributed by atoms with van der Waals surface area (Å²) in [7, 11) is 0. The number of carbonyl (C=O) groups is 1. The van der Waals surface area contributed by atoms with Crippen LogP contribution in [0.5, 0.6) is 0 Å². The number of rotatable bonds is 7. The fraction of sp³-hybridized carbons (Fsp3) is 0.750. The lowest BCUT2D eigenvalue weighted by atomic mass is 9.83. The normalized spacial score (nSPS) is 12.5. The highest BCUT2D eigenvalue weighted by Crippen LogP contribution is 2.26. The Bertz CT molecular complexity index is 451. The number of nitrogens with one attached hydrogen (secondary N) is 1. The van der Waals surface area contributed by atoms with E-state index in [9.17, 15) is 9.90 Å². The zero-order valence-corrected chi connectivity index (χ0v) is 14.6. The highest BCUT2D eigenvalue weighted by Gasteiger charge is 2.26. The Balaban J connectivity index is 2.56. The molecule has 0 saturated carbocycles. The maximum absolute atomic E-state index is 12.0. The molecule has 5 heteroatoms. The minimum absolute atomic E-state index is 0.0237. The fourth-order valence-corrected chi connectivity index (χ4v) is 2.93. The number of carbonyl (C=O) groups excluding carboxylic acids is 1. The van der Waals surface area contributed by atoms with Crippen LogP contribution in [-0.4, -0.2) is 29.1 Å². The zero-order chi connectivity index (χ0) is 16.1. The number of thiazole rings is 1. The third-order valence-electron chi connectivity index (χ3n) is 4.03. The molecule has 0 aromatic carbocycles. The molecule has 0 saturated heterocycles. The molecule has 21 heavy (non-hydrogen) atoms. The van der Waals surface area contributed by atoms with Crippen molar-refractivity contribution in [2.45, 2.75) is 59.3 Å². The molecule has 120 valence electrons. The summed E-state index contributed by atoms with van der Waals surface area (Å²) in [6.45, 7) is 11.1. The first kappa shape index (κ1) is 18.1. The SMILES string of the molecule is CCC(CC)(CO)CNC(=O)Cc1csc(C(C)(C)C)n1. The van der Waals surface area contributed by atoms with Gasteiger partial charge in [-0.1, -0.05) is 34.6 Å². The Hall–Kier alpha value is -0.940. The van der Waals surface area contributed by atoms with E-state index >= 15 is 0 Å². The van der Waals surface area contributed by atoms with Crippen LogP contribution in [-0.2, 0) is 16.6 Å². The average Bonchev–Trinajstić information content (AvgIpc) is 2.89. The van der Waals surface area contributed by atoms with Crippen molar-refractivity contribution in [2.75, 3.05) is 13.2 Å². The van der Waals surface area contributed by atoms with E-state index in [-0.39, 0.29) is 23.3 Å². The van der Waals surface area contributed by atoms with Gasteiger partial charge in [0.2, 0.25) is 5.91 Å². The second kappa shape index (κ2) is 7.36. The van der Waals surface area contributed by atoms with Crippen molar-refractivity contribution in [1.29, 1.82) is 0 Å². The molecule has 0 aliphatic carbocycles. The van der Waals surface area contributed by atoms with Gasteiger partial charge in [0.05, 0.1) is 23.7 Å². The maximum Gasteiger partial charge on any atom is 0.226 e. The predicted octanol–water partition coefficient (Wildman–Crippen LogP) is 2.90. The standard InChI is InChI=1S/C16H28N2O2S/c1-6-16(7-2,11-19)10-17-13(20)8-12-9-21-14(18-12)15(3,4)5/h9,19H,6-8,10-11H2,1-5H3,(H,17,20). The van der Waals surface area contributed by atoms with E-state index in [1.54, 1.807) is 11.3 Å². The summed E-state index contributed by atoms with van der Waals surface area (Å²) in [5.74, 6) is -0.0273. The van der Waals surface area contributed by atoms with Gasteiger partial charge in [0, 0.05) is 22.8 Å². The van der Waals surface area contributed by atoms with E-state index < -0.39 is 0 Å². The quantitative estimate of drug-likeness (QED) is 0.814. The molecular formula is C16H28N2O2S. The van der Waals surface area contributed by atoms with Crippen molar-refractivity contribution in [3.05, 3.63) is 16.1 Å². The Labute approximate surface area is 132 Å². The van der Waals surface area contributed by atoms with E-state index in [0.29, 0.717) is 13.0 Å². The van der Waals surface area contributed by atoms with E-state index in [1.165, 1.54) is 0 Å². The molecule has 1 heterocycles. The molecule has 0 radical (unpaired) electrons. The number of nitrogens with zero attached hydrogens (tertiary/aromatic N) is 1. The lowest BCUT2D eigenvalue weighted by molar-refractivity contribution is -0.121. The highest BCUT2D eigenvalue weighted by atomic mass is 32.1. The molecular weight excluding hydrogens is 284 g/mol. The molecule has 1 aromatic rings. The van der Waals surface area contributed by atoms with E-state index in [0.717, 1.165) is 23.5 Å². The smallest absolute Gasteiger partial charge is 0.226 e. The summed E-state index contributed by atoms with van der Waals surface area (Å²) in [5.41, 5.74) is 0.648. The molecule has 0 atom stereocenters. The Morgan fingerprint density at radius 1 is 1.33 bits per heavy atom. The predicted molar refractivity (Wildman–Crippen MR) is 87.6 cm³/mol. The molecule has 2 N–H and O–H groups in total. The van der Waals surface area contributed by atoms with Crippen LogP contribution in [0.4, 0.5) is 0 Å². The van der Waals surface area contributed by atoms with Gasteiger partial charge in [0.15, 0.2) is 0 Å². The van der Waals surface area contributed by atoms with Crippen LogP contribution in [0.25, 0.3) is 0 Å². The van der Waals surface area contributed by atoms with Crippen molar-refractivity contribution in [2.24, 2.45) is 5.41 Å². The first-order valence-electron chi connectivity index (χ1n) is 7.59. The average molecular weight is 312 g/mol. The topological polar surface area (TPSA) is 62.2 Å². The summed E-state index contributed by atoms with van der Waals surface area (Å²) in [5, 5.41) is 15.5. The molecule has 0 fully saturated rings. The van der Waals surface area contributed by atoms with Gasteiger partial charge in [-0.2, -0.15) is 0 Å². The summed E-state index contributed by atoms with van der Waals surface area (Å²) in [4.78, 5) is 16.6. The zero-order valence-electron chi connectivity index (χ0n) is 13.8. The summed E-state index contributed by atoms with van der Waals surface area (Å²) in [6, 6.07) is 0. The van der Waals surface area contributed by atoms with Gasteiger partial charge in [0.1, 0.15) is 0 Å². The summed E-state index contributed by atoms with van der Waals surface area (Å²) >= 11 is 1.60. The Morgan fingerprint density at radius 3 is 2.38 bits per heavy atom. The first-order chi connectivity index (χ1) is 9.76. The van der Waals surface area contributed by atoms with Crippen LogP contribution in [0.2, 0.25) is 0 Å². The third kappa shape index (κ3) is 5.08. The number of aliphatic hydroxyl groups is 1. The van der Waals surface area contributed by atoms with Gasteiger partial charge in [-0.3, -0.25) is 4.79 Å². The van der Waals surface area contributed by atoms with E-state index in [4.69, 9.17) is 0 Å². The van der Waals surface area contributed by atoms with Crippen molar-refractivity contribution < 1.29 is 9.90 Å². The minimum atomic E-state index is -0.200. The van der Waals surface area contributed by atoms with E-state index in [2.05, 4.69) is 31.1 Å². The molecule has 0 bridgehead atoms. The molecule has 0 aliphatic heterocycles. The van der Waals surface area contributed by atoms with Crippen LogP contribution in [0.1, 0.15) is 58.2 Å². The molecule has 1 amide bonds. The first-order valence-corrected chi connectivity index (χ1v) is 8.46. The van der Waals surface area contributed by atoms with Crippen LogP contribution < -0.4 is 5.32 Å². The number of amides is 1. The fourth-order valence-electron chi connectivity index (χ4n) is 2.03. The third-order valence-corrected chi connectivity index (χ3v) is 5.35. The molecule has 1 aromatic heterocycles. The largest absolute Gasteiger partial charge is 0.396 e. The summed E-state index contributed by atoms with van der Waals surface area (Å²) in [6.07, 6.45) is 2.01. The van der Waals surface area contributed by atoms with Crippen molar-refractivity contribution in [1.82, 2.24) is 10.3 Å². The lowest BCUT2D eigenvalue weighted by Gasteiger charge is -2.29. The Kier molecular flexibility index (Phi) is 6.35. The van der Waals surface area contributed by atoms with Gasteiger partial charge >= 0.3 is 0 Å². The van der Waals surface area contributed by atoms with E-state index in [1.807, 2.05) is 19.2 Å². The lowest BCUT2D eigenvalue weighted by Crippen LogP contribution is -2.40. The number of hydrogen-bond acceptors (Lipinski definition) is 4. The van der Waals surface area contributed by atoms with Gasteiger partial charge in [-0.15, -0.1) is 11.3 Å². The molecule has 0 unspecified atom stereocenters. The maximum atomic E-state index is 12.0. The number of hydrogen-bond donors (Lipinski definition) is 2. The monoisotopic (exact) mass is 312 g/mol. The number of aromatic nitrogens is 1. The van der Waals surface area contributed by atoms with Crippen molar-refractivity contribution in [3.63, 3.8) is 0 Å². The van der Waals surface area contributed by atoms with Gasteiger partial charge in [0.25, 0.3) is 0 Å². The molecule has 0 aliphatic rings. The second-order valence-electron chi connectivity index (χ2n) is 6.71. The van der Waals surface area contributed by atoms with Gasteiger partial charge < -0.3 is 10.4 Å². The number of aliphatic hydroxyl groups excluding tert-OH is 1. The van der Waals surface area contributed by atoms with Gasteiger partial charge in [-0.05, 0) is 12.8 Å². The minimum Gasteiger partial charge on any atom is -0.396 e. The van der Waals surface area contributed by atoms with Crippen molar-refractivity contribution in [3.8, 4) is 0 Å². The van der Waals surface area contributed by atoms with Crippen molar-refractivity contribution >= 4 is 17.2 Å². The Morgan fingerprint density at radius 2 is 1.95 bits per heavy atom. The van der Waals surface area contributed by atoms with Crippen LogP contribution in [0, 0.1) is 5.41 Å². The van der Waals surface area contributed by atoms with Gasteiger partial charge in [-0.25, -0.2) is 4.98 Å². The van der Waals surface area contributed by atoms with Crippen LogP contribution >= 0.6 is 11.3 Å². The van der Waals surface area contributed by atoms with Crippen LogP contribution in [0.3, 0.4) is 0 Å². The van der Waals surface area contributed by atoms with Crippen LogP contribution in [0.15, 0.2) is 5.38 Å². The summed E-state index contributed by atoms with van der Waals surface area (Å²) < 4.78 is 0. The highest BCUT2D eigenvalue weighted by molar-refractivity contribution is 7.09. The molecule has 1 rings (SSSR count). The second-order valence-corrected chi connectivity index (χ2v) is 7.57.